The van der Waals surface area contributed by atoms with E-state index in [4.69, 9.17) is 4.74 Å². The first-order valence-electron chi connectivity index (χ1n) is 10.9. The molecule has 2 fully saturated rings. The van der Waals surface area contributed by atoms with Gasteiger partial charge in [-0.25, -0.2) is 9.78 Å². The first-order chi connectivity index (χ1) is 14.2. The Kier molecular flexibility index (Phi) is 6.35. The Bertz CT molecular complexity index is 822. The number of hydrogen-bond donors (Lipinski definition) is 2. The molecule has 1 aromatic heterocycles. The summed E-state index contributed by atoms with van der Waals surface area (Å²) in [6.07, 6.45) is 6.11. The van der Waals surface area contributed by atoms with Gasteiger partial charge in [-0.3, -0.25) is 4.90 Å². The number of carbonyl (C=O) groups excluding carboxylic acids is 1. The van der Waals surface area contributed by atoms with E-state index in [2.05, 4.69) is 31.2 Å². The number of morpholine rings is 1. The van der Waals surface area contributed by atoms with Crippen molar-refractivity contribution in [2.75, 3.05) is 39.4 Å². The van der Waals surface area contributed by atoms with Crippen molar-refractivity contribution >= 4 is 17.1 Å². The van der Waals surface area contributed by atoms with Crippen molar-refractivity contribution in [3.8, 4) is 0 Å². The minimum Gasteiger partial charge on any atom is -0.379 e. The van der Waals surface area contributed by atoms with Crippen LogP contribution in [0.2, 0.25) is 0 Å². The molecule has 158 valence electrons. The molecule has 1 saturated carbocycles. The van der Waals surface area contributed by atoms with Crippen LogP contribution in [-0.4, -0.2) is 65.4 Å². The van der Waals surface area contributed by atoms with Gasteiger partial charge in [-0.15, -0.1) is 0 Å². The summed E-state index contributed by atoms with van der Waals surface area (Å²) in [6.45, 7) is 7.55. The van der Waals surface area contributed by atoms with E-state index in [-0.39, 0.29) is 11.6 Å². The van der Waals surface area contributed by atoms with Crippen LogP contribution < -0.4 is 10.6 Å². The van der Waals surface area contributed by atoms with E-state index in [0.29, 0.717) is 19.6 Å². The average molecular weight is 400 g/mol. The predicted octanol–water partition coefficient (Wildman–Crippen LogP) is 2.68. The third-order valence-electron chi connectivity index (χ3n) is 6.51. The van der Waals surface area contributed by atoms with Gasteiger partial charge in [-0.05, 0) is 31.9 Å². The lowest BCUT2D eigenvalue weighted by atomic mass is 9.80. The molecule has 0 bridgehead atoms. The molecule has 0 spiro atoms. The highest BCUT2D eigenvalue weighted by molar-refractivity contribution is 5.76. The fraction of sp³-hybridized carbons (Fsp3) is 0.636. The SMILES string of the molecule is Cc1nc2ccccc2n1CCNC(=O)NCC1(N2CCOCC2)CCCCC1. The molecule has 0 radical (unpaired) electrons. The van der Waals surface area contributed by atoms with Gasteiger partial charge >= 0.3 is 6.03 Å². The largest absolute Gasteiger partial charge is 0.379 e. The zero-order valence-corrected chi connectivity index (χ0v) is 17.5. The molecule has 2 heterocycles. The van der Waals surface area contributed by atoms with E-state index in [1.54, 1.807) is 0 Å². The van der Waals surface area contributed by atoms with E-state index in [1.807, 2.05) is 25.1 Å². The molecule has 2 amide bonds. The number of hydrogen-bond acceptors (Lipinski definition) is 4. The number of para-hydroxylation sites is 2. The van der Waals surface area contributed by atoms with Gasteiger partial charge in [0, 0.05) is 38.3 Å². The van der Waals surface area contributed by atoms with Crippen LogP contribution in [0, 0.1) is 6.92 Å². The number of amides is 2. The van der Waals surface area contributed by atoms with E-state index in [0.717, 1.165) is 56.0 Å². The number of aromatic nitrogens is 2. The van der Waals surface area contributed by atoms with Crippen molar-refractivity contribution in [3.05, 3.63) is 30.1 Å². The molecule has 7 heteroatoms. The normalized spacial score (nSPS) is 19.9. The maximum Gasteiger partial charge on any atom is 0.314 e. The van der Waals surface area contributed by atoms with Crippen LogP contribution in [0.5, 0.6) is 0 Å². The molecular formula is C22H33N5O2. The van der Waals surface area contributed by atoms with Gasteiger partial charge in [0.25, 0.3) is 0 Å². The summed E-state index contributed by atoms with van der Waals surface area (Å²) in [5, 5.41) is 6.20. The molecule has 7 nitrogen and oxygen atoms in total. The third kappa shape index (κ3) is 4.56. The highest BCUT2D eigenvalue weighted by Gasteiger charge is 2.38. The molecule has 29 heavy (non-hydrogen) atoms. The summed E-state index contributed by atoms with van der Waals surface area (Å²) in [7, 11) is 0. The van der Waals surface area contributed by atoms with Gasteiger partial charge in [0.2, 0.25) is 0 Å². The number of nitrogens with one attached hydrogen (secondary N) is 2. The number of ether oxygens (including phenoxy) is 1. The number of nitrogens with zero attached hydrogens (tertiary/aromatic N) is 3. The topological polar surface area (TPSA) is 71.4 Å². The summed E-state index contributed by atoms with van der Waals surface area (Å²) in [5.74, 6) is 0.974. The van der Waals surface area contributed by atoms with Crippen molar-refractivity contribution in [1.82, 2.24) is 25.1 Å². The van der Waals surface area contributed by atoms with Crippen LogP contribution in [0.15, 0.2) is 24.3 Å². The number of imidazole rings is 1. The van der Waals surface area contributed by atoms with E-state index >= 15 is 0 Å². The molecule has 1 aliphatic heterocycles. The van der Waals surface area contributed by atoms with Gasteiger partial charge in [-0.1, -0.05) is 31.4 Å². The lowest BCUT2D eigenvalue weighted by Gasteiger charge is -2.48. The summed E-state index contributed by atoms with van der Waals surface area (Å²) >= 11 is 0. The number of urea groups is 1. The van der Waals surface area contributed by atoms with Crippen LogP contribution in [0.3, 0.4) is 0 Å². The lowest BCUT2D eigenvalue weighted by Crippen LogP contribution is -2.60. The number of carbonyl (C=O) groups is 1. The Morgan fingerprint density at radius 1 is 1.14 bits per heavy atom. The van der Waals surface area contributed by atoms with Crippen molar-refractivity contribution in [2.45, 2.75) is 51.1 Å². The Balaban J connectivity index is 1.30. The first kappa shape index (κ1) is 20.2. The highest BCUT2D eigenvalue weighted by atomic mass is 16.5. The summed E-state index contributed by atoms with van der Waals surface area (Å²) in [6, 6.07) is 8.04. The number of fused-ring (bicyclic) bond motifs is 1. The zero-order chi connectivity index (χ0) is 20.1. The predicted molar refractivity (Wildman–Crippen MR) is 114 cm³/mol. The zero-order valence-electron chi connectivity index (χ0n) is 17.5. The smallest absolute Gasteiger partial charge is 0.314 e. The van der Waals surface area contributed by atoms with E-state index < -0.39 is 0 Å². The minimum atomic E-state index is -0.0784. The number of aryl methyl sites for hydroxylation is 1. The molecule has 2 N–H and O–H groups in total. The summed E-state index contributed by atoms with van der Waals surface area (Å²) < 4.78 is 7.70. The summed E-state index contributed by atoms with van der Waals surface area (Å²) in [4.78, 5) is 19.6. The Hall–Kier alpha value is -2.12. The second-order valence-electron chi connectivity index (χ2n) is 8.29. The first-order valence-corrected chi connectivity index (χ1v) is 10.9. The maximum absolute atomic E-state index is 12.5. The standard InChI is InChI=1S/C22H33N5O2/c1-18-25-19-7-3-4-8-20(19)27(18)12-11-23-21(28)24-17-22(9-5-2-6-10-22)26-13-15-29-16-14-26/h3-4,7-8H,2,5-6,9-17H2,1H3,(H2,23,24,28). The van der Waals surface area contributed by atoms with Crippen molar-refractivity contribution < 1.29 is 9.53 Å². The highest BCUT2D eigenvalue weighted by Crippen LogP contribution is 2.33. The van der Waals surface area contributed by atoms with E-state index in [1.165, 1.54) is 19.3 Å². The molecule has 2 aliphatic rings. The van der Waals surface area contributed by atoms with Gasteiger partial charge in [0.15, 0.2) is 0 Å². The maximum atomic E-state index is 12.5. The molecule has 2 aromatic rings. The molecule has 0 atom stereocenters. The molecule has 4 rings (SSSR count). The van der Waals surface area contributed by atoms with Crippen LogP contribution in [-0.2, 0) is 11.3 Å². The number of benzene rings is 1. The molecule has 1 saturated heterocycles. The van der Waals surface area contributed by atoms with Crippen molar-refractivity contribution in [3.63, 3.8) is 0 Å². The van der Waals surface area contributed by atoms with Crippen molar-refractivity contribution in [1.29, 1.82) is 0 Å². The fourth-order valence-corrected chi connectivity index (χ4v) is 4.92. The second kappa shape index (κ2) is 9.13. The van der Waals surface area contributed by atoms with Gasteiger partial charge in [0.05, 0.1) is 24.2 Å². The van der Waals surface area contributed by atoms with Gasteiger partial charge in [-0.2, -0.15) is 0 Å². The molecular weight excluding hydrogens is 366 g/mol. The average Bonchev–Trinajstić information content (AvgIpc) is 3.09. The third-order valence-corrected chi connectivity index (χ3v) is 6.51. The van der Waals surface area contributed by atoms with Crippen LogP contribution in [0.25, 0.3) is 11.0 Å². The summed E-state index contributed by atoms with van der Waals surface area (Å²) in [5.41, 5.74) is 2.20. The fourth-order valence-electron chi connectivity index (χ4n) is 4.92. The molecule has 1 aliphatic carbocycles. The minimum absolute atomic E-state index is 0.0784. The van der Waals surface area contributed by atoms with Crippen LogP contribution >= 0.6 is 0 Å². The lowest BCUT2D eigenvalue weighted by molar-refractivity contribution is -0.0357. The second-order valence-corrected chi connectivity index (χ2v) is 8.29. The molecule has 0 unspecified atom stereocenters. The van der Waals surface area contributed by atoms with Crippen LogP contribution in [0.4, 0.5) is 4.79 Å². The molecule has 1 aromatic carbocycles. The Morgan fingerprint density at radius 2 is 1.90 bits per heavy atom. The van der Waals surface area contributed by atoms with Crippen LogP contribution in [0.1, 0.15) is 37.9 Å². The number of rotatable bonds is 6. The quantitative estimate of drug-likeness (QED) is 0.783. The van der Waals surface area contributed by atoms with Gasteiger partial charge < -0.3 is 19.9 Å². The van der Waals surface area contributed by atoms with Gasteiger partial charge in [0.1, 0.15) is 5.82 Å². The van der Waals surface area contributed by atoms with E-state index in [9.17, 15) is 4.79 Å². The Labute approximate surface area is 172 Å². The Morgan fingerprint density at radius 3 is 2.69 bits per heavy atom. The monoisotopic (exact) mass is 399 g/mol. The van der Waals surface area contributed by atoms with Crippen molar-refractivity contribution in [2.24, 2.45) is 0 Å².